The van der Waals surface area contributed by atoms with E-state index in [2.05, 4.69) is 9.71 Å². The molecule has 0 atom stereocenters. The van der Waals surface area contributed by atoms with E-state index >= 15 is 0 Å². The van der Waals surface area contributed by atoms with Gasteiger partial charge in [0.2, 0.25) is 0 Å². The first-order chi connectivity index (χ1) is 8.92. The van der Waals surface area contributed by atoms with E-state index in [9.17, 15) is 8.42 Å². The van der Waals surface area contributed by atoms with Gasteiger partial charge in [-0.3, -0.25) is 4.40 Å². The van der Waals surface area contributed by atoms with Crippen molar-refractivity contribution in [2.75, 3.05) is 6.54 Å². The van der Waals surface area contributed by atoms with Crippen molar-refractivity contribution in [2.24, 2.45) is 5.92 Å². The molecule has 0 aromatic carbocycles. The number of pyridine rings is 1. The van der Waals surface area contributed by atoms with Crippen LogP contribution in [0.1, 0.15) is 20.3 Å². The summed E-state index contributed by atoms with van der Waals surface area (Å²) in [6.07, 6.45) is 2.40. The van der Waals surface area contributed by atoms with Gasteiger partial charge < -0.3 is 0 Å². The maximum atomic E-state index is 12.3. The van der Waals surface area contributed by atoms with Crippen LogP contribution in [0, 0.1) is 5.92 Å². The van der Waals surface area contributed by atoms with E-state index in [0.717, 1.165) is 6.42 Å². The van der Waals surface area contributed by atoms with Crippen molar-refractivity contribution in [3.8, 4) is 0 Å². The zero-order valence-electron chi connectivity index (χ0n) is 10.8. The highest BCUT2D eigenvalue weighted by Gasteiger charge is 2.23. The van der Waals surface area contributed by atoms with Crippen molar-refractivity contribution < 1.29 is 8.42 Å². The molecule has 1 N–H and O–H groups in total. The van der Waals surface area contributed by atoms with Crippen molar-refractivity contribution in [3.05, 3.63) is 29.5 Å². The number of imidazole rings is 1. The lowest BCUT2D eigenvalue weighted by Crippen LogP contribution is -2.27. The Balaban J connectivity index is 2.35. The molecule has 5 nitrogen and oxygen atoms in total. The van der Waals surface area contributed by atoms with Gasteiger partial charge >= 0.3 is 0 Å². The van der Waals surface area contributed by atoms with Crippen LogP contribution in [-0.4, -0.2) is 24.3 Å². The molecule has 0 saturated heterocycles. The molecule has 0 saturated carbocycles. The summed E-state index contributed by atoms with van der Waals surface area (Å²) in [5.74, 6) is 0.431. The molecule has 0 aliphatic rings. The van der Waals surface area contributed by atoms with E-state index < -0.39 is 10.0 Å². The predicted octanol–water partition coefficient (Wildman–Crippen LogP) is 2.31. The Morgan fingerprint density at radius 3 is 2.84 bits per heavy atom. The highest BCUT2D eigenvalue weighted by Crippen LogP contribution is 2.22. The van der Waals surface area contributed by atoms with Crippen LogP contribution >= 0.6 is 11.6 Å². The smallest absolute Gasteiger partial charge is 0.259 e. The van der Waals surface area contributed by atoms with Crippen LogP contribution in [0.15, 0.2) is 29.4 Å². The Kier molecular flexibility index (Phi) is 4.13. The fourth-order valence-corrected chi connectivity index (χ4v) is 3.42. The summed E-state index contributed by atoms with van der Waals surface area (Å²) in [6, 6.07) is 5.22. The van der Waals surface area contributed by atoms with E-state index in [-0.39, 0.29) is 10.2 Å². The molecule has 2 aromatic rings. The first-order valence-electron chi connectivity index (χ1n) is 6.04. The van der Waals surface area contributed by atoms with E-state index in [1.165, 1.54) is 4.40 Å². The van der Waals surface area contributed by atoms with Crippen LogP contribution < -0.4 is 4.72 Å². The summed E-state index contributed by atoms with van der Waals surface area (Å²) in [4.78, 5) is 4.03. The monoisotopic (exact) mass is 301 g/mol. The molecule has 0 radical (unpaired) electrons. The van der Waals surface area contributed by atoms with Crippen LogP contribution in [0.2, 0.25) is 5.15 Å². The number of aromatic nitrogens is 2. The van der Waals surface area contributed by atoms with E-state index in [4.69, 9.17) is 11.6 Å². The van der Waals surface area contributed by atoms with Crippen molar-refractivity contribution in [1.29, 1.82) is 0 Å². The highest BCUT2D eigenvalue weighted by molar-refractivity contribution is 7.89. The average Bonchev–Trinajstić information content (AvgIpc) is 2.64. The Bertz CT molecular complexity index is 679. The van der Waals surface area contributed by atoms with E-state index in [1.54, 1.807) is 24.4 Å². The fourth-order valence-electron chi connectivity index (χ4n) is 1.74. The first kappa shape index (κ1) is 14.3. The maximum Gasteiger partial charge on any atom is 0.259 e. The molecule has 0 bridgehead atoms. The Labute approximate surface area is 117 Å². The highest BCUT2D eigenvalue weighted by atomic mass is 35.5. The van der Waals surface area contributed by atoms with Crippen molar-refractivity contribution in [2.45, 2.75) is 25.3 Å². The van der Waals surface area contributed by atoms with Gasteiger partial charge in [0.15, 0.2) is 10.2 Å². The molecular weight excluding hydrogens is 286 g/mol. The zero-order chi connectivity index (χ0) is 14.0. The third-order valence-electron chi connectivity index (χ3n) is 2.71. The van der Waals surface area contributed by atoms with Gasteiger partial charge in [0, 0.05) is 12.7 Å². The molecule has 7 heteroatoms. The molecule has 0 unspecified atom stereocenters. The van der Waals surface area contributed by atoms with Gasteiger partial charge in [-0.2, -0.15) is 0 Å². The third-order valence-corrected chi connectivity index (χ3v) is 4.57. The van der Waals surface area contributed by atoms with Crippen LogP contribution in [-0.2, 0) is 10.0 Å². The molecule has 0 aliphatic heterocycles. The van der Waals surface area contributed by atoms with Crippen LogP contribution in [0.5, 0.6) is 0 Å². The van der Waals surface area contributed by atoms with Gasteiger partial charge in [0.05, 0.1) is 0 Å². The minimum Gasteiger partial charge on any atom is -0.288 e. The van der Waals surface area contributed by atoms with Gasteiger partial charge in [-0.1, -0.05) is 31.5 Å². The van der Waals surface area contributed by atoms with Crippen LogP contribution in [0.3, 0.4) is 0 Å². The summed E-state index contributed by atoms with van der Waals surface area (Å²) in [7, 11) is -3.65. The van der Waals surface area contributed by atoms with Gasteiger partial charge in [0.25, 0.3) is 10.0 Å². The number of nitrogens with one attached hydrogen (secondary N) is 1. The molecular formula is C12H16ClN3O2S. The number of rotatable bonds is 5. The number of sulfonamides is 1. The molecule has 19 heavy (non-hydrogen) atoms. The maximum absolute atomic E-state index is 12.3. The number of halogens is 1. The Morgan fingerprint density at radius 1 is 1.42 bits per heavy atom. The molecule has 2 rings (SSSR count). The molecule has 104 valence electrons. The minimum atomic E-state index is -3.65. The minimum absolute atomic E-state index is 0.00600. The predicted molar refractivity (Wildman–Crippen MR) is 74.8 cm³/mol. The topological polar surface area (TPSA) is 63.5 Å². The number of fused-ring (bicyclic) bond motifs is 1. The fraction of sp³-hybridized carbons (Fsp3) is 0.417. The van der Waals surface area contributed by atoms with Gasteiger partial charge in [-0.15, -0.1) is 0 Å². The second-order valence-corrected chi connectivity index (χ2v) is 6.76. The normalized spacial score (nSPS) is 12.4. The molecule has 2 heterocycles. The molecule has 0 fully saturated rings. The van der Waals surface area contributed by atoms with E-state index in [0.29, 0.717) is 18.1 Å². The summed E-state index contributed by atoms with van der Waals surface area (Å²) in [6.45, 7) is 4.46. The van der Waals surface area contributed by atoms with Crippen LogP contribution in [0.4, 0.5) is 0 Å². The molecule has 0 aliphatic carbocycles. The van der Waals surface area contributed by atoms with Crippen molar-refractivity contribution in [3.63, 3.8) is 0 Å². The van der Waals surface area contributed by atoms with Crippen molar-refractivity contribution in [1.82, 2.24) is 14.1 Å². The molecule has 2 aromatic heterocycles. The first-order valence-corrected chi connectivity index (χ1v) is 7.90. The number of hydrogen-bond acceptors (Lipinski definition) is 3. The zero-order valence-corrected chi connectivity index (χ0v) is 12.4. The number of nitrogens with zero attached hydrogens (tertiary/aromatic N) is 2. The standard InChI is InChI=1S/C12H16ClN3O2S/c1-9(2)6-7-14-19(17,18)12-11(13)15-10-5-3-4-8-16(10)12/h3-5,8-9,14H,6-7H2,1-2H3. The Morgan fingerprint density at radius 2 is 2.16 bits per heavy atom. The summed E-state index contributed by atoms with van der Waals surface area (Å²) in [5.41, 5.74) is 0.511. The van der Waals surface area contributed by atoms with Gasteiger partial charge in [-0.05, 0) is 24.5 Å². The molecule has 0 spiro atoms. The molecule has 0 amide bonds. The SMILES string of the molecule is CC(C)CCNS(=O)(=O)c1c(Cl)nc2ccccn12. The lowest BCUT2D eigenvalue weighted by molar-refractivity contribution is 0.549. The second kappa shape index (κ2) is 5.48. The van der Waals surface area contributed by atoms with Gasteiger partial charge in [0.1, 0.15) is 5.65 Å². The third kappa shape index (κ3) is 3.08. The van der Waals surface area contributed by atoms with Crippen LogP contribution in [0.25, 0.3) is 5.65 Å². The summed E-state index contributed by atoms with van der Waals surface area (Å²) < 4.78 is 28.5. The average molecular weight is 302 g/mol. The lowest BCUT2D eigenvalue weighted by Gasteiger charge is -2.08. The Hall–Kier alpha value is -1.11. The summed E-state index contributed by atoms with van der Waals surface area (Å²) in [5, 5.41) is -0.0169. The lowest BCUT2D eigenvalue weighted by atomic mass is 10.1. The number of hydrogen-bond donors (Lipinski definition) is 1. The second-order valence-electron chi connectivity index (χ2n) is 4.72. The largest absolute Gasteiger partial charge is 0.288 e. The van der Waals surface area contributed by atoms with Crippen molar-refractivity contribution >= 4 is 27.3 Å². The quantitative estimate of drug-likeness (QED) is 0.922. The van der Waals surface area contributed by atoms with Gasteiger partial charge in [-0.25, -0.2) is 18.1 Å². The summed E-state index contributed by atoms with van der Waals surface area (Å²) >= 11 is 5.94. The van der Waals surface area contributed by atoms with E-state index in [1.807, 2.05) is 13.8 Å².